The standard InChI is InChI=1S/C27H28F5N5O3S/c1-17(18-3-9-23(22(29)15-18)35(2)41(39)40)26(38)33-16-19-4-10-24(27(30,31)32)34-25(19)37-13-11-36(12-14-37)21-7-5-20(28)6-8-21/h3-10,15,17H,11-14,16H2,1-2H3,(H,33,38)(H,39,40)/p-1. The Labute approximate surface area is 236 Å². The summed E-state index contributed by atoms with van der Waals surface area (Å²) in [5.74, 6) is -2.46. The number of rotatable bonds is 8. The molecule has 14 heteroatoms. The minimum Gasteiger partial charge on any atom is -0.755 e. The van der Waals surface area contributed by atoms with Crippen LogP contribution in [0.3, 0.4) is 0 Å². The van der Waals surface area contributed by atoms with Crippen molar-refractivity contribution in [1.82, 2.24) is 10.3 Å². The number of benzene rings is 2. The average Bonchev–Trinajstić information content (AvgIpc) is 2.95. The number of nitrogens with zero attached hydrogens (tertiary/aromatic N) is 4. The number of piperazine rings is 1. The molecule has 1 fully saturated rings. The molecular formula is C27H27F5N5O3S-. The number of alkyl halides is 3. The maximum absolute atomic E-state index is 14.5. The summed E-state index contributed by atoms with van der Waals surface area (Å²) in [7, 11) is 1.18. The maximum Gasteiger partial charge on any atom is 0.433 e. The van der Waals surface area contributed by atoms with Gasteiger partial charge in [-0.3, -0.25) is 9.00 Å². The molecule has 2 atom stereocenters. The molecule has 1 aliphatic rings. The van der Waals surface area contributed by atoms with Crippen LogP contribution >= 0.6 is 0 Å². The van der Waals surface area contributed by atoms with E-state index in [9.17, 15) is 35.5 Å². The zero-order chi connectivity index (χ0) is 29.9. The monoisotopic (exact) mass is 596 g/mol. The quantitative estimate of drug-likeness (QED) is 0.307. The molecule has 1 aliphatic heterocycles. The van der Waals surface area contributed by atoms with Crippen molar-refractivity contribution >= 4 is 34.4 Å². The van der Waals surface area contributed by atoms with Crippen molar-refractivity contribution in [3.63, 3.8) is 0 Å². The molecule has 1 saturated heterocycles. The Hall–Kier alpha value is -3.78. The summed E-state index contributed by atoms with van der Waals surface area (Å²) in [5.41, 5.74) is 0.208. The molecule has 41 heavy (non-hydrogen) atoms. The first-order chi connectivity index (χ1) is 19.3. The molecule has 3 aromatic rings. The number of hydrogen-bond acceptors (Lipinski definition) is 6. The Morgan fingerprint density at radius 2 is 1.68 bits per heavy atom. The molecule has 0 radical (unpaired) electrons. The molecular weight excluding hydrogens is 569 g/mol. The first-order valence-corrected chi connectivity index (χ1v) is 13.6. The Morgan fingerprint density at radius 3 is 2.27 bits per heavy atom. The predicted molar refractivity (Wildman–Crippen MR) is 144 cm³/mol. The van der Waals surface area contributed by atoms with Crippen LogP contribution < -0.4 is 19.4 Å². The van der Waals surface area contributed by atoms with E-state index >= 15 is 0 Å². The Morgan fingerprint density at radius 1 is 1.05 bits per heavy atom. The topological polar surface area (TPSA) is 91.8 Å². The minimum absolute atomic E-state index is 0.0931. The normalized spacial score (nSPS) is 15.4. The molecule has 2 unspecified atom stereocenters. The summed E-state index contributed by atoms with van der Waals surface area (Å²) in [6.45, 7) is 3.01. The van der Waals surface area contributed by atoms with Crippen LogP contribution in [0.25, 0.3) is 0 Å². The van der Waals surface area contributed by atoms with Crippen molar-refractivity contribution in [3.8, 4) is 0 Å². The summed E-state index contributed by atoms with van der Waals surface area (Å²) in [5, 5.41) is 2.69. The van der Waals surface area contributed by atoms with Crippen molar-refractivity contribution in [2.45, 2.75) is 25.6 Å². The lowest BCUT2D eigenvalue weighted by molar-refractivity contribution is -0.141. The van der Waals surface area contributed by atoms with Gasteiger partial charge in [-0.15, -0.1) is 0 Å². The fraction of sp³-hybridized carbons (Fsp3) is 0.333. The average molecular weight is 597 g/mol. The number of amides is 1. The van der Waals surface area contributed by atoms with Gasteiger partial charge in [0.2, 0.25) is 5.91 Å². The van der Waals surface area contributed by atoms with Gasteiger partial charge in [-0.05, 0) is 55.0 Å². The first-order valence-electron chi connectivity index (χ1n) is 12.6. The summed E-state index contributed by atoms with van der Waals surface area (Å²) < 4.78 is 91.2. The SMILES string of the molecule is CC(C(=O)NCc1ccc(C(F)(F)F)nc1N1CCN(c2ccc(F)cc2)CC1)c1ccc(N(C)S(=O)[O-])c(F)c1. The molecule has 1 amide bonds. The van der Waals surface area contributed by atoms with Crippen LogP contribution in [0.5, 0.6) is 0 Å². The van der Waals surface area contributed by atoms with Gasteiger partial charge in [-0.2, -0.15) is 13.2 Å². The van der Waals surface area contributed by atoms with Crippen molar-refractivity contribution in [2.75, 3.05) is 47.3 Å². The highest BCUT2D eigenvalue weighted by atomic mass is 32.2. The van der Waals surface area contributed by atoms with Gasteiger partial charge in [0, 0.05) is 62.3 Å². The number of carbonyl (C=O) groups is 1. The number of aromatic nitrogens is 1. The number of carbonyl (C=O) groups excluding carboxylic acids is 1. The van der Waals surface area contributed by atoms with Gasteiger partial charge >= 0.3 is 6.18 Å². The van der Waals surface area contributed by atoms with Gasteiger partial charge in [0.25, 0.3) is 0 Å². The van der Waals surface area contributed by atoms with E-state index in [1.807, 2.05) is 4.90 Å². The highest BCUT2D eigenvalue weighted by Crippen LogP contribution is 2.32. The number of halogens is 5. The number of hydrogen-bond donors (Lipinski definition) is 1. The van der Waals surface area contributed by atoms with Crippen molar-refractivity contribution in [1.29, 1.82) is 0 Å². The Kier molecular flexibility index (Phi) is 9.12. The predicted octanol–water partition coefficient (Wildman–Crippen LogP) is 4.36. The van der Waals surface area contributed by atoms with Gasteiger partial charge in [-0.25, -0.2) is 13.8 Å². The van der Waals surface area contributed by atoms with Crippen molar-refractivity contribution < 1.29 is 35.5 Å². The number of pyridine rings is 1. The van der Waals surface area contributed by atoms with Crippen LogP contribution in [-0.2, 0) is 28.8 Å². The van der Waals surface area contributed by atoms with E-state index in [0.29, 0.717) is 36.0 Å². The molecule has 2 aromatic carbocycles. The van der Waals surface area contributed by atoms with Crippen molar-refractivity contribution in [2.24, 2.45) is 0 Å². The van der Waals surface area contributed by atoms with Crippen LogP contribution in [0.1, 0.15) is 29.7 Å². The Bertz CT molecular complexity index is 1420. The molecule has 2 heterocycles. The molecule has 0 saturated carbocycles. The van der Waals surface area contributed by atoms with Crippen LogP contribution in [0.15, 0.2) is 54.6 Å². The van der Waals surface area contributed by atoms with Crippen LogP contribution in [0.2, 0.25) is 0 Å². The third-order valence-electron chi connectivity index (χ3n) is 6.90. The summed E-state index contributed by atoms with van der Waals surface area (Å²) in [6, 6.07) is 11.8. The Balaban J connectivity index is 1.48. The zero-order valence-corrected chi connectivity index (χ0v) is 22.9. The van der Waals surface area contributed by atoms with Crippen LogP contribution in [-0.4, -0.2) is 52.9 Å². The van der Waals surface area contributed by atoms with Crippen molar-refractivity contribution in [3.05, 3.63) is 83.1 Å². The molecule has 8 nitrogen and oxygen atoms in total. The highest BCUT2D eigenvalue weighted by molar-refractivity contribution is 7.80. The van der Waals surface area contributed by atoms with Crippen LogP contribution in [0, 0.1) is 11.6 Å². The molecule has 4 rings (SSSR count). The molecule has 0 aliphatic carbocycles. The lowest BCUT2D eigenvalue weighted by atomic mass is 9.99. The van der Waals surface area contributed by atoms with E-state index in [1.54, 1.807) is 17.0 Å². The largest absolute Gasteiger partial charge is 0.755 e. The molecule has 0 bridgehead atoms. The fourth-order valence-corrected chi connectivity index (χ4v) is 4.80. The van der Waals surface area contributed by atoms with E-state index in [-0.39, 0.29) is 29.4 Å². The molecule has 1 N–H and O–H groups in total. The molecule has 0 spiro atoms. The summed E-state index contributed by atoms with van der Waals surface area (Å²) in [4.78, 5) is 20.5. The molecule has 1 aromatic heterocycles. The van der Waals surface area contributed by atoms with E-state index in [2.05, 4.69) is 10.3 Å². The van der Waals surface area contributed by atoms with Gasteiger partial charge in [-0.1, -0.05) is 12.1 Å². The number of anilines is 3. The van der Waals surface area contributed by atoms with E-state index in [1.165, 1.54) is 44.3 Å². The second kappa shape index (κ2) is 12.4. The smallest absolute Gasteiger partial charge is 0.433 e. The number of nitrogens with one attached hydrogen (secondary N) is 1. The lowest BCUT2D eigenvalue weighted by Crippen LogP contribution is -2.47. The van der Waals surface area contributed by atoms with E-state index < -0.39 is 40.8 Å². The van der Waals surface area contributed by atoms with Gasteiger partial charge in [0.05, 0.1) is 11.6 Å². The highest BCUT2D eigenvalue weighted by Gasteiger charge is 2.34. The van der Waals surface area contributed by atoms with Gasteiger partial charge in [0.1, 0.15) is 23.1 Å². The molecule has 220 valence electrons. The van der Waals surface area contributed by atoms with E-state index in [4.69, 9.17) is 0 Å². The first kappa shape index (κ1) is 30.2. The van der Waals surface area contributed by atoms with E-state index in [0.717, 1.165) is 17.8 Å². The second-order valence-electron chi connectivity index (χ2n) is 9.49. The maximum atomic E-state index is 14.5. The third-order valence-corrected chi connectivity index (χ3v) is 7.54. The lowest BCUT2D eigenvalue weighted by Gasteiger charge is -2.37. The fourth-order valence-electron chi connectivity index (χ4n) is 4.49. The van der Waals surface area contributed by atoms with Gasteiger partial charge in [0.15, 0.2) is 0 Å². The van der Waals surface area contributed by atoms with Crippen LogP contribution in [0.4, 0.5) is 39.1 Å². The second-order valence-corrected chi connectivity index (χ2v) is 10.5. The minimum atomic E-state index is -4.66. The zero-order valence-electron chi connectivity index (χ0n) is 22.1. The summed E-state index contributed by atoms with van der Waals surface area (Å²) in [6.07, 6.45) is -4.66. The van der Waals surface area contributed by atoms with Gasteiger partial charge < -0.3 is 24.0 Å². The summed E-state index contributed by atoms with van der Waals surface area (Å²) >= 11 is -2.68. The third kappa shape index (κ3) is 7.11.